The van der Waals surface area contributed by atoms with Crippen LogP contribution in [-0.2, 0) is 6.42 Å². The monoisotopic (exact) mass is 387 g/mol. The van der Waals surface area contributed by atoms with Crippen molar-refractivity contribution in [3.63, 3.8) is 0 Å². The minimum atomic E-state index is 0.149. The average Bonchev–Trinajstić information content (AvgIpc) is 3.42. The summed E-state index contributed by atoms with van der Waals surface area (Å²) >= 11 is 0. The zero-order valence-corrected chi connectivity index (χ0v) is 15.7. The van der Waals surface area contributed by atoms with Gasteiger partial charge in [-0.15, -0.1) is 0 Å². The quantitative estimate of drug-likeness (QED) is 0.228. The summed E-state index contributed by atoms with van der Waals surface area (Å²) in [5.74, 6) is 0.718. The molecule has 0 saturated heterocycles. The third-order valence-corrected chi connectivity index (χ3v) is 5.83. The van der Waals surface area contributed by atoms with E-state index in [-0.39, 0.29) is 23.6 Å². The van der Waals surface area contributed by atoms with E-state index in [1.807, 2.05) is 54.0 Å². The van der Waals surface area contributed by atoms with Crippen LogP contribution < -0.4 is 5.48 Å². The topological polar surface area (TPSA) is 90.0 Å². The van der Waals surface area contributed by atoms with Crippen molar-refractivity contribution in [1.82, 2.24) is 10.0 Å². The lowest BCUT2D eigenvalue weighted by molar-refractivity contribution is 0.240. The number of nitrogens with zero attached hydrogens (tertiary/aromatic N) is 2. The molecule has 0 unspecified atom stereocenters. The Morgan fingerprint density at radius 3 is 2.00 bits per heavy atom. The van der Waals surface area contributed by atoms with E-state index in [2.05, 4.69) is 17.1 Å². The van der Waals surface area contributed by atoms with Gasteiger partial charge in [-0.1, -0.05) is 36.4 Å². The summed E-state index contributed by atoms with van der Waals surface area (Å²) in [5, 5.41) is 30.0. The van der Waals surface area contributed by atoms with Crippen molar-refractivity contribution < 1.29 is 15.4 Å². The van der Waals surface area contributed by atoms with Crippen LogP contribution in [-0.4, -0.2) is 26.3 Å². The molecule has 2 aliphatic carbocycles. The van der Waals surface area contributed by atoms with Gasteiger partial charge in [-0.2, -0.15) is 0 Å². The maximum absolute atomic E-state index is 10.7. The Labute approximate surface area is 168 Å². The van der Waals surface area contributed by atoms with Crippen molar-refractivity contribution in [3.05, 3.63) is 82.9 Å². The predicted octanol–water partition coefficient (Wildman–Crippen LogP) is 4.26. The first-order valence-electron chi connectivity index (χ1n) is 9.61. The van der Waals surface area contributed by atoms with E-state index in [0.717, 1.165) is 46.5 Å². The van der Waals surface area contributed by atoms with Gasteiger partial charge < -0.3 is 10.2 Å². The SMILES string of the molecule is ONC=Nc1ccc(Cc2ccc(-n3c(O)c4c(c3O)[C@@H]3C=C[C@@H]4C3)cc2)cc1. The van der Waals surface area contributed by atoms with Crippen LogP contribution in [0.25, 0.3) is 5.69 Å². The summed E-state index contributed by atoms with van der Waals surface area (Å²) in [5.41, 5.74) is 7.40. The van der Waals surface area contributed by atoms with Gasteiger partial charge in [0.25, 0.3) is 0 Å². The highest BCUT2D eigenvalue weighted by Gasteiger charge is 2.41. The first-order chi connectivity index (χ1) is 14.2. The highest BCUT2D eigenvalue weighted by molar-refractivity contribution is 5.62. The molecule has 29 heavy (non-hydrogen) atoms. The van der Waals surface area contributed by atoms with E-state index in [0.29, 0.717) is 0 Å². The second-order valence-corrected chi connectivity index (χ2v) is 7.54. The molecule has 1 heterocycles. The average molecular weight is 387 g/mol. The van der Waals surface area contributed by atoms with E-state index >= 15 is 0 Å². The van der Waals surface area contributed by atoms with Gasteiger partial charge in [0.15, 0.2) is 0 Å². The molecule has 0 fully saturated rings. The van der Waals surface area contributed by atoms with Gasteiger partial charge >= 0.3 is 0 Å². The minimum Gasteiger partial charge on any atom is -0.494 e. The van der Waals surface area contributed by atoms with Crippen molar-refractivity contribution in [3.8, 4) is 17.4 Å². The number of aliphatic imine (C=N–C) groups is 1. The number of hydrogen-bond acceptors (Lipinski definition) is 4. The Morgan fingerprint density at radius 2 is 1.45 bits per heavy atom. The first-order valence-corrected chi connectivity index (χ1v) is 9.61. The van der Waals surface area contributed by atoms with Gasteiger partial charge in [0, 0.05) is 23.0 Å². The van der Waals surface area contributed by atoms with Crippen LogP contribution in [0.15, 0.2) is 65.7 Å². The van der Waals surface area contributed by atoms with Gasteiger partial charge in [-0.05, 0) is 48.2 Å². The number of rotatable bonds is 5. The number of benzene rings is 2. The number of aromatic hydroxyl groups is 2. The highest BCUT2D eigenvalue weighted by atomic mass is 16.5. The van der Waals surface area contributed by atoms with E-state index in [1.54, 1.807) is 4.57 Å². The minimum absolute atomic E-state index is 0.149. The van der Waals surface area contributed by atoms with E-state index in [1.165, 1.54) is 6.34 Å². The molecule has 2 atom stereocenters. The molecule has 3 aromatic rings. The Bertz CT molecular complexity index is 1080. The van der Waals surface area contributed by atoms with Crippen LogP contribution >= 0.6 is 0 Å². The predicted molar refractivity (Wildman–Crippen MR) is 111 cm³/mol. The number of aromatic nitrogens is 1. The van der Waals surface area contributed by atoms with Crippen LogP contribution in [0, 0.1) is 0 Å². The molecule has 6 nitrogen and oxygen atoms in total. The van der Waals surface area contributed by atoms with E-state index in [4.69, 9.17) is 5.21 Å². The second-order valence-electron chi connectivity index (χ2n) is 7.54. The summed E-state index contributed by atoms with van der Waals surface area (Å²) in [7, 11) is 0. The molecule has 0 amide bonds. The fourth-order valence-electron chi connectivity index (χ4n) is 4.49. The van der Waals surface area contributed by atoms with Crippen LogP contribution in [0.3, 0.4) is 0 Å². The van der Waals surface area contributed by atoms with Crippen molar-refractivity contribution >= 4 is 12.0 Å². The molecule has 1 aromatic heterocycles. The lowest BCUT2D eigenvalue weighted by Gasteiger charge is -2.11. The Hall–Kier alpha value is -3.51. The normalized spacial score (nSPS) is 19.2. The molecule has 0 radical (unpaired) electrons. The van der Waals surface area contributed by atoms with Gasteiger partial charge in [-0.3, -0.25) is 15.3 Å². The molecule has 5 rings (SSSR count). The Balaban J connectivity index is 1.37. The van der Waals surface area contributed by atoms with E-state index < -0.39 is 0 Å². The van der Waals surface area contributed by atoms with Gasteiger partial charge in [0.1, 0.15) is 6.34 Å². The van der Waals surface area contributed by atoms with Crippen molar-refractivity contribution in [2.75, 3.05) is 0 Å². The number of allylic oxidation sites excluding steroid dienone is 2. The summed E-state index contributed by atoms with van der Waals surface area (Å²) in [6.07, 6.45) is 7.17. The summed E-state index contributed by atoms with van der Waals surface area (Å²) in [4.78, 5) is 4.03. The molecule has 0 saturated carbocycles. The largest absolute Gasteiger partial charge is 0.494 e. The molecule has 0 aliphatic heterocycles. The standard InChI is InChI=1S/C23H21N3O3/c27-22-20-16-5-6-17(12-16)21(20)23(28)26(22)19-9-3-15(4-10-19)11-14-1-7-18(8-2-14)24-13-25-29/h1-10,13,16-17,27-29H,11-12H2,(H,24,25)/t16-,17-/m1/s1. The maximum atomic E-state index is 10.7. The summed E-state index contributed by atoms with van der Waals surface area (Å²) in [6, 6.07) is 15.6. The molecule has 6 heteroatoms. The number of hydrogen-bond donors (Lipinski definition) is 4. The fourth-order valence-corrected chi connectivity index (χ4v) is 4.49. The molecular formula is C23H21N3O3. The van der Waals surface area contributed by atoms with Crippen LogP contribution in [0.1, 0.15) is 40.5 Å². The lowest BCUT2D eigenvalue weighted by Crippen LogP contribution is -2.00. The zero-order chi connectivity index (χ0) is 20.0. The number of fused-ring (bicyclic) bond motifs is 5. The lowest BCUT2D eigenvalue weighted by atomic mass is 10.0. The van der Waals surface area contributed by atoms with Gasteiger partial charge in [0.2, 0.25) is 11.8 Å². The first kappa shape index (κ1) is 17.6. The second kappa shape index (κ2) is 6.83. The zero-order valence-electron chi connectivity index (χ0n) is 15.7. The maximum Gasteiger partial charge on any atom is 0.202 e. The van der Waals surface area contributed by atoms with Crippen molar-refractivity contribution in [2.24, 2.45) is 4.99 Å². The van der Waals surface area contributed by atoms with Gasteiger partial charge in [-0.25, -0.2) is 4.99 Å². The number of nitrogens with one attached hydrogen (secondary N) is 1. The van der Waals surface area contributed by atoms with Crippen LogP contribution in [0.5, 0.6) is 11.8 Å². The Kier molecular flexibility index (Phi) is 4.14. The fraction of sp³-hybridized carbons (Fsp3) is 0.174. The molecule has 2 aliphatic rings. The van der Waals surface area contributed by atoms with Crippen molar-refractivity contribution in [2.45, 2.75) is 24.7 Å². The smallest absolute Gasteiger partial charge is 0.202 e. The molecular weight excluding hydrogens is 366 g/mol. The molecule has 2 bridgehead atoms. The summed E-state index contributed by atoms with van der Waals surface area (Å²) < 4.78 is 1.54. The molecule has 4 N–H and O–H groups in total. The van der Waals surface area contributed by atoms with Crippen LogP contribution in [0.4, 0.5) is 5.69 Å². The molecule has 2 aromatic carbocycles. The third kappa shape index (κ3) is 2.89. The third-order valence-electron chi connectivity index (χ3n) is 5.83. The Morgan fingerprint density at radius 1 is 0.897 bits per heavy atom. The summed E-state index contributed by atoms with van der Waals surface area (Å²) in [6.45, 7) is 0. The molecule has 146 valence electrons. The number of hydroxylamine groups is 1. The van der Waals surface area contributed by atoms with E-state index in [9.17, 15) is 10.2 Å². The van der Waals surface area contributed by atoms with Gasteiger partial charge in [0.05, 0.1) is 11.4 Å². The highest BCUT2D eigenvalue weighted by Crippen LogP contribution is 2.57. The van der Waals surface area contributed by atoms with Crippen LogP contribution in [0.2, 0.25) is 0 Å². The van der Waals surface area contributed by atoms with Crippen molar-refractivity contribution in [1.29, 1.82) is 0 Å². The molecule has 0 spiro atoms.